The monoisotopic (exact) mass is 297 g/mol. The van der Waals surface area contributed by atoms with Crippen molar-refractivity contribution in [3.05, 3.63) is 34.9 Å². The summed E-state index contributed by atoms with van der Waals surface area (Å²) in [6, 6.07) is 7.54. The standard InChI is InChI=1S/C16H24ClNO2/c1-11(2)14(19)10-18-15(20)16(3,4)9-12-6-5-7-13(17)8-12/h5-8,11,14,19H,9-10H2,1-4H3,(H,18,20). The van der Waals surface area contributed by atoms with E-state index in [1.54, 1.807) is 0 Å². The molecule has 1 unspecified atom stereocenters. The summed E-state index contributed by atoms with van der Waals surface area (Å²) in [5, 5.41) is 13.2. The predicted octanol–water partition coefficient (Wildman–Crippen LogP) is 3.04. The van der Waals surface area contributed by atoms with E-state index in [1.807, 2.05) is 52.0 Å². The number of aliphatic hydroxyl groups is 1. The van der Waals surface area contributed by atoms with Crippen LogP contribution >= 0.6 is 11.6 Å². The van der Waals surface area contributed by atoms with Gasteiger partial charge in [-0.25, -0.2) is 0 Å². The number of halogens is 1. The number of carbonyl (C=O) groups excluding carboxylic acids is 1. The summed E-state index contributed by atoms with van der Waals surface area (Å²) in [6.07, 6.45) is 0.0953. The Balaban J connectivity index is 2.61. The Bertz CT molecular complexity index is 458. The Hall–Kier alpha value is -1.06. The molecule has 0 saturated carbocycles. The summed E-state index contributed by atoms with van der Waals surface area (Å²) in [7, 11) is 0. The van der Waals surface area contributed by atoms with Crippen molar-refractivity contribution in [2.75, 3.05) is 6.54 Å². The van der Waals surface area contributed by atoms with Crippen LogP contribution in [0.5, 0.6) is 0 Å². The third-order valence-corrected chi connectivity index (χ3v) is 3.63. The highest BCUT2D eigenvalue weighted by molar-refractivity contribution is 6.30. The largest absolute Gasteiger partial charge is 0.391 e. The smallest absolute Gasteiger partial charge is 0.226 e. The molecule has 2 N–H and O–H groups in total. The van der Waals surface area contributed by atoms with Crippen LogP contribution in [0.4, 0.5) is 0 Å². The highest BCUT2D eigenvalue weighted by Crippen LogP contribution is 2.23. The number of rotatable bonds is 6. The number of nitrogens with one attached hydrogen (secondary N) is 1. The van der Waals surface area contributed by atoms with Crippen molar-refractivity contribution in [3.63, 3.8) is 0 Å². The van der Waals surface area contributed by atoms with Gasteiger partial charge in [-0.1, -0.05) is 51.4 Å². The fourth-order valence-electron chi connectivity index (χ4n) is 1.91. The molecule has 0 aliphatic carbocycles. The van der Waals surface area contributed by atoms with Crippen molar-refractivity contribution in [1.82, 2.24) is 5.32 Å². The van der Waals surface area contributed by atoms with Crippen molar-refractivity contribution in [2.45, 2.75) is 40.2 Å². The Morgan fingerprint density at radius 3 is 2.60 bits per heavy atom. The first-order chi connectivity index (χ1) is 9.22. The van der Waals surface area contributed by atoms with Crippen LogP contribution in [0.3, 0.4) is 0 Å². The first-order valence-corrected chi connectivity index (χ1v) is 7.31. The number of benzene rings is 1. The van der Waals surface area contributed by atoms with Crippen molar-refractivity contribution < 1.29 is 9.90 Å². The van der Waals surface area contributed by atoms with Gasteiger partial charge in [-0.05, 0) is 30.0 Å². The summed E-state index contributed by atoms with van der Waals surface area (Å²) in [4.78, 5) is 12.2. The zero-order valence-corrected chi connectivity index (χ0v) is 13.4. The Labute approximate surface area is 126 Å². The molecule has 0 heterocycles. The third-order valence-electron chi connectivity index (χ3n) is 3.39. The molecule has 1 amide bonds. The molecule has 0 bridgehead atoms. The average Bonchev–Trinajstić information content (AvgIpc) is 2.34. The molecule has 112 valence electrons. The van der Waals surface area contributed by atoms with Crippen LogP contribution in [0.25, 0.3) is 0 Å². The molecule has 4 heteroatoms. The zero-order valence-electron chi connectivity index (χ0n) is 12.6. The van der Waals surface area contributed by atoms with Crippen molar-refractivity contribution >= 4 is 17.5 Å². The van der Waals surface area contributed by atoms with E-state index < -0.39 is 11.5 Å². The predicted molar refractivity (Wildman–Crippen MR) is 82.8 cm³/mol. The molecule has 1 rings (SSSR count). The summed E-state index contributed by atoms with van der Waals surface area (Å²) in [5.74, 6) is 0.0727. The van der Waals surface area contributed by atoms with Gasteiger partial charge >= 0.3 is 0 Å². The quantitative estimate of drug-likeness (QED) is 0.848. The lowest BCUT2D eigenvalue weighted by molar-refractivity contribution is -0.129. The number of amides is 1. The van der Waals surface area contributed by atoms with Crippen LogP contribution in [0.2, 0.25) is 5.02 Å². The lowest BCUT2D eigenvalue weighted by Gasteiger charge is -2.25. The molecule has 0 aliphatic rings. The maximum Gasteiger partial charge on any atom is 0.226 e. The summed E-state index contributed by atoms with van der Waals surface area (Å²) < 4.78 is 0. The van der Waals surface area contributed by atoms with Crippen molar-refractivity contribution in [1.29, 1.82) is 0 Å². The summed E-state index contributed by atoms with van der Waals surface area (Å²) in [5.41, 5.74) is 0.489. The lowest BCUT2D eigenvalue weighted by atomic mass is 9.84. The second kappa shape index (κ2) is 7.09. The van der Waals surface area contributed by atoms with Crippen molar-refractivity contribution in [3.8, 4) is 0 Å². The molecule has 1 aromatic rings. The Kier molecular flexibility index (Phi) is 6.03. The molecular formula is C16H24ClNO2. The van der Waals surface area contributed by atoms with E-state index >= 15 is 0 Å². The SMILES string of the molecule is CC(C)C(O)CNC(=O)C(C)(C)Cc1cccc(Cl)c1. The van der Waals surface area contributed by atoms with Crippen LogP contribution in [-0.2, 0) is 11.2 Å². The Morgan fingerprint density at radius 2 is 2.05 bits per heavy atom. The first-order valence-electron chi connectivity index (χ1n) is 6.93. The molecule has 3 nitrogen and oxygen atoms in total. The van der Waals surface area contributed by atoms with Crippen LogP contribution in [0, 0.1) is 11.3 Å². The zero-order chi connectivity index (χ0) is 15.3. The minimum atomic E-state index is -0.540. The van der Waals surface area contributed by atoms with Gasteiger partial charge in [0.2, 0.25) is 5.91 Å². The molecule has 0 aliphatic heterocycles. The van der Waals surface area contributed by atoms with Gasteiger partial charge in [0.1, 0.15) is 0 Å². The normalized spacial score (nSPS) is 13.3. The highest BCUT2D eigenvalue weighted by atomic mass is 35.5. The summed E-state index contributed by atoms with van der Waals surface area (Å²) >= 11 is 5.96. The molecule has 20 heavy (non-hydrogen) atoms. The van der Waals surface area contributed by atoms with Gasteiger partial charge in [0.25, 0.3) is 0 Å². The number of hydrogen-bond acceptors (Lipinski definition) is 2. The molecule has 0 saturated heterocycles. The molecule has 0 fully saturated rings. The van der Waals surface area contributed by atoms with E-state index in [-0.39, 0.29) is 18.4 Å². The maximum absolute atomic E-state index is 12.2. The van der Waals surface area contributed by atoms with Gasteiger partial charge < -0.3 is 10.4 Å². The van der Waals surface area contributed by atoms with E-state index in [0.717, 1.165) is 5.56 Å². The van der Waals surface area contributed by atoms with E-state index in [0.29, 0.717) is 11.4 Å². The van der Waals surface area contributed by atoms with E-state index in [4.69, 9.17) is 11.6 Å². The highest BCUT2D eigenvalue weighted by Gasteiger charge is 2.28. The van der Waals surface area contributed by atoms with Crippen LogP contribution in [0.1, 0.15) is 33.3 Å². The lowest BCUT2D eigenvalue weighted by Crippen LogP contribution is -2.42. The second-order valence-electron chi connectivity index (χ2n) is 6.21. The van der Waals surface area contributed by atoms with E-state index in [2.05, 4.69) is 5.32 Å². The van der Waals surface area contributed by atoms with Crippen molar-refractivity contribution in [2.24, 2.45) is 11.3 Å². The molecular weight excluding hydrogens is 274 g/mol. The molecule has 1 aromatic carbocycles. The van der Waals surface area contributed by atoms with E-state index in [9.17, 15) is 9.90 Å². The second-order valence-corrected chi connectivity index (χ2v) is 6.65. The summed E-state index contributed by atoms with van der Waals surface area (Å²) in [6.45, 7) is 7.92. The van der Waals surface area contributed by atoms with Gasteiger partial charge in [0.05, 0.1) is 6.10 Å². The third kappa shape index (κ3) is 5.14. The Morgan fingerprint density at radius 1 is 1.40 bits per heavy atom. The fourth-order valence-corrected chi connectivity index (χ4v) is 2.12. The topological polar surface area (TPSA) is 49.3 Å². The molecule has 1 atom stereocenters. The van der Waals surface area contributed by atoms with Crippen LogP contribution < -0.4 is 5.32 Å². The van der Waals surface area contributed by atoms with Crippen LogP contribution in [-0.4, -0.2) is 23.7 Å². The minimum absolute atomic E-state index is 0.0582. The van der Waals surface area contributed by atoms with Gasteiger partial charge in [-0.2, -0.15) is 0 Å². The number of carbonyl (C=O) groups is 1. The molecule has 0 radical (unpaired) electrons. The molecule has 0 aromatic heterocycles. The fraction of sp³-hybridized carbons (Fsp3) is 0.562. The van der Waals surface area contributed by atoms with Crippen LogP contribution in [0.15, 0.2) is 24.3 Å². The average molecular weight is 298 g/mol. The van der Waals surface area contributed by atoms with Gasteiger partial charge in [-0.15, -0.1) is 0 Å². The number of aliphatic hydroxyl groups excluding tert-OH is 1. The van der Waals surface area contributed by atoms with Gasteiger partial charge in [-0.3, -0.25) is 4.79 Å². The van der Waals surface area contributed by atoms with Gasteiger partial charge in [0.15, 0.2) is 0 Å². The number of hydrogen-bond donors (Lipinski definition) is 2. The van der Waals surface area contributed by atoms with E-state index in [1.165, 1.54) is 0 Å². The molecule has 0 spiro atoms. The maximum atomic E-state index is 12.2. The van der Waals surface area contributed by atoms with Gasteiger partial charge in [0, 0.05) is 17.0 Å². The first kappa shape index (κ1) is 17.0. The minimum Gasteiger partial charge on any atom is -0.391 e.